The largest absolute Gasteiger partial charge is 0.458 e. The fourth-order valence-electron chi connectivity index (χ4n) is 9.61. The monoisotopic (exact) mass is 594 g/mol. The van der Waals surface area contributed by atoms with Crippen molar-refractivity contribution < 1.29 is 23.7 Å². The summed E-state index contributed by atoms with van der Waals surface area (Å²) in [5.41, 5.74) is 5.56. The smallest absolute Gasteiger partial charge is 0.336 e. The molecule has 3 unspecified atom stereocenters. The lowest BCUT2D eigenvalue weighted by Crippen LogP contribution is -2.63. The van der Waals surface area contributed by atoms with Crippen LogP contribution in [-0.2, 0) is 23.7 Å². The van der Waals surface area contributed by atoms with Crippen molar-refractivity contribution in [3.8, 4) is 16.9 Å². The van der Waals surface area contributed by atoms with Crippen LogP contribution < -0.4 is 0 Å². The van der Waals surface area contributed by atoms with E-state index in [1.165, 1.54) is 5.56 Å². The zero-order valence-corrected chi connectivity index (χ0v) is 26.1. The molecule has 8 atom stereocenters. The first-order chi connectivity index (χ1) is 21.2. The SMILES string of the molecule is Cc1ccc(-c2nn(-c3ccccc3)cc2C2OC[C@@]3(C)[C@H]4CCC5(C)OC(C6=CCOC6=O)C[C@H]5[C@]4(C)CC[C@H]3O2)cc1. The number of nitrogens with zero attached hydrogens (tertiary/aromatic N) is 2. The Labute approximate surface area is 259 Å². The summed E-state index contributed by atoms with van der Waals surface area (Å²) in [5.74, 6) is 0.583. The number of para-hydroxylation sites is 1. The van der Waals surface area contributed by atoms with Gasteiger partial charge in [-0.1, -0.05) is 61.9 Å². The third kappa shape index (κ3) is 4.27. The first-order valence-corrected chi connectivity index (χ1v) is 16.2. The van der Waals surface area contributed by atoms with Crippen LogP contribution in [0.25, 0.3) is 16.9 Å². The van der Waals surface area contributed by atoms with E-state index in [-0.39, 0.29) is 34.6 Å². The molecular weight excluding hydrogens is 552 g/mol. The Hall–Kier alpha value is -3.26. The predicted octanol–water partition coefficient (Wildman–Crippen LogP) is 7.13. The van der Waals surface area contributed by atoms with Crippen LogP contribution in [0.1, 0.15) is 70.3 Å². The van der Waals surface area contributed by atoms with E-state index in [0.29, 0.717) is 30.6 Å². The van der Waals surface area contributed by atoms with E-state index in [2.05, 4.69) is 70.3 Å². The highest BCUT2D eigenvalue weighted by Crippen LogP contribution is 2.67. The van der Waals surface area contributed by atoms with Gasteiger partial charge in [0.15, 0.2) is 6.29 Å². The molecule has 2 aliphatic carbocycles. The van der Waals surface area contributed by atoms with Gasteiger partial charge in [-0.05, 0) is 81.4 Å². The number of hydrogen-bond donors (Lipinski definition) is 0. The molecule has 0 amide bonds. The molecule has 4 fully saturated rings. The molecule has 8 rings (SSSR count). The first kappa shape index (κ1) is 28.2. The van der Waals surface area contributed by atoms with Gasteiger partial charge >= 0.3 is 5.97 Å². The number of cyclic esters (lactones) is 1. The van der Waals surface area contributed by atoms with Crippen molar-refractivity contribution in [3.05, 3.63) is 83.6 Å². The zero-order valence-electron chi connectivity index (χ0n) is 26.1. The van der Waals surface area contributed by atoms with Gasteiger partial charge in [-0.25, -0.2) is 9.48 Å². The molecule has 2 saturated heterocycles. The standard InChI is InChI=1S/C37H42N2O5/c1-23-10-12-24(13-11-23)32-27(21-39(38-32)25-8-6-5-7-9-25)34-42-22-36(3)29-14-18-37(4)30(35(29,2)17-15-31(36)43-34)20-28(44-37)26-16-19-41-33(26)40/h5-13,16,21,28-31,34H,14-15,17-20,22H2,1-4H3/t28?,29-,30-,31+,34?,35+,36-,37?/m0/s1. The van der Waals surface area contributed by atoms with Crippen LogP contribution in [0.15, 0.2) is 72.4 Å². The Kier molecular flexibility index (Phi) is 6.50. The molecule has 2 aromatic carbocycles. The lowest BCUT2D eigenvalue weighted by atomic mass is 9.44. The van der Waals surface area contributed by atoms with Crippen molar-refractivity contribution in [2.24, 2.45) is 22.7 Å². The van der Waals surface area contributed by atoms with Gasteiger partial charge in [-0.3, -0.25) is 0 Å². The Morgan fingerprint density at radius 1 is 0.932 bits per heavy atom. The third-order valence-corrected chi connectivity index (χ3v) is 11.9. The highest BCUT2D eigenvalue weighted by molar-refractivity contribution is 5.91. The average Bonchev–Trinajstić information content (AvgIpc) is 3.75. The Bertz CT molecular complexity index is 1610. The summed E-state index contributed by atoms with van der Waals surface area (Å²) in [6, 6.07) is 18.7. The van der Waals surface area contributed by atoms with Crippen molar-refractivity contribution in [2.45, 2.75) is 83.9 Å². The van der Waals surface area contributed by atoms with E-state index in [0.717, 1.165) is 54.6 Å². The fraction of sp³-hybridized carbons (Fsp3) is 0.514. The summed E-state index contributed by atoms with van der Waals surface area (Å²) in [7, 11) is 0. The van der Waals surface area contributed by atoms with E-state index in [9.17, 15) is 4.79 Å². The fourth-order valence-corrected chi connectivity index (χ4v) is 9.61. The van der Waals surface area contributed by atoms with Crippen molar-refractivity contribution in [2.75, 3.05) is 13.2 Å². The number of aryl methyl sites for hydroxylation is 1. The normalized spacial score (nSPS) is 38.0. The molecule has 5 aliphatic rings. The van der Waals surface area contributed by atoms with Gasteiger partial charge in [0.25, 0.3) is 0 Å². The molecular formula is C37H42N2O5. The topological polar surface area (TPSA) is 71.8 Å². The number of aromatic nitrogens is 2. The molecule has 0 spiro atoms. The van der Waals surface area contributed by atoms with E-state index >= 15 is 0 Å². The van der Waals surface area contributed by atoms with Crippen LogP contribution in [0.3, 0.4) is 0 Å². The van der Waals surface area contributed by atoms with Crippen molar-refractivity contribution >= 4 is 5.97 Å². The minimum atomic E-state index is -0.487. The molecule has 3 aromatic rings. The number of fused-ring (bicyclic) bond motifs is 5. The number of esters is 1. The summed E-state index contributed by atoms with van der Waals surface area (Å²) < 4.78 is 27.6. The maximum absolute atomic E-state index is 12.4. The maximum atomic E-state index is 12.4. The van der Waals surface area contributed by atoms with Crippen LogP contribution in [0, 0.1) is 29.6 Å². The van der Waals surface area contributed by atoms with Crippen LogP contribution in [0.5, 0.6) is 0 Å². The van der Waals surface area contributed by atoms with Gasteiger partial charge in [0.2, 0.25) is 0 Å². The second kappa shape index (κ2) is 10.1. The molecule has 230 valence electrons. The number of benzene rings is 2. The molecule has 0 radical (unpaired) electrons. The van der Waals surface area contributed by atoms with Crippen molar-refractivity contribution in [1.29, 1.82) is 0 Å². The number of rotatable bonds is 4. The van der Waals surface area contributed by atoms with Crippen molar-refractivity contribution in [3.63, 3.8) is 0 Å². The lowest BCUT2D eigenvalue weighted by molar-refractivity contribution is -0.314. The summed E-state index contributed by atoms with van der Waals surface area (Å²) in [6.45, 7) is 10.2. The first-order valence-electron chi connectivity index (χ1n) is 16.2. The summed E-state index contributed by atoms with van der Waals surface area (Å²) in [4.78, 5) is 12.4. The quantitative estimate of drug-likeness (QED) is 0.300. The second-order valence-electron chi connectivity index (χ2n) is 14.5. The maximum Gasteiger partial charge on any atom is 0.336 e. The average molecular weight is 595 g/mol. The Morgan fingerprint density at radius 3 is 2.48 bits per heavy atom. The number of carbonyl (C=O) groups is 1. The Morgan fingerprint density at radius 2 is 1.73 bits per heavy atom. The van der Waals surface area contributed by atoms with Gasteiger partial charge < -0.3 is 18.9 Å². The predicted molar refractivity (Wildman–Crippen MR) is 166 cm³/mol. The highest BCUT2D eigenvalue weighted by atomic mass is 16.7. The molecule has 3 aliphatic heterocycles. The molecule has 1 aromatic heterocycles. The molecule has 4 heterocycles. The van der Waals surface area contributed by atoms with Gasteiger partial charge in [-0.15, -0.1) is 0 Å². The number of carbonyl (C=O) groups excluding carboxylic acids is 1. The van der Waals surface area contributed by atoms with Crippen molar-refractivity contribution in [1.82, 2.24) is 9.78 Å². The lowest BCUT2D eigenvalue weighted by Gasteiger charge is -2.64. The van der Waals surface area contributed by atoms with Crippen LogP contribution in [0.4, 0.5) is 0 Å². The van der Waals surface area contributed by atoms with E-state index in [1.54, 1.807) is 0 Å². The third-order valence-electron chi connectivity index (χ3n) is 11.9. The molecule has 7 heteroatoms. The second-order valence-corrected chi connectivity index (χ2v) is 14.5. The van der Waals surface area contributed by atoms with E-state index in [4.69, 9.17) is 24.0 Å². The molecule has 2 saturated carbocycles. The van der Waals surface area contributed by atoms with E-state index < -0.39 is 6.29 Å². The molecule has 7 nitrogen and oxygen atoms in total. The summed E-state index contributed by atoms with van der Waals surface area (Å²) >= 11 is 0. The summed E-state index contributed by atoms with van der Waals surface area (Å²) in [6.07, 6.45) is 8.36. The Balaban J connectivity index is 1.08. The van der Waals surface area contributed by atoms with Gasteiger partial charge in [0.05, 0.1) is 41.2 Å². The molecule has 0 bridgehead atoms. The summed E-state index contributed by atoms with van der Waals surface area (Å²) in [5, 5.41) is 5.05. The molecule has 44 heavy (non-hydrogen) atoms. The van der Waals surface area contributed by atoms with Crippen LogP contribution >= 0.6 is 0 Å². The highest BCUT2D eigenvalue weighted by Gasteiger charge is 2.66. The van der Waals surface area contributed by atoms with Crippen LogP contribution in [-0.4, -0.2) is 46.8 Å². The number of ether oxygens (including phenoxy) is 4. The van der Waals surface area contributed by atoms with Crippen LogP contribution in [0.2, 0.25) is 0 Å². The van der Waals surface area contributed by atoms with Gasteiger partial charge in [0.1, 0.15) is 12.3 Å². The number of hydrogen-bond acceptors (Lipinski definition) is 6. The molecule has 0 N–H and O–H groups in total. The van der Waals surface area contributed by atoms with Gasteiger partial charge in [0, 0.05) is 17.2 Å². The zero-order chi connectivity index (χ0) is 30.3. The van der Waals surface area contributed by atoms with Gasteiger partial charge in [-0.2, -0.15) is 5.10 Å². The minimum absolute atomic E-state index is 0.0703. The minimum Gasteiger partial charge on any atom is -0.458 e. The van der Waals surface area contributed by atoms with E-state index in [1.807, 2.05) is 29.0 Å².